The lowest BCUT2D eigenvalue weighted by atomic mass is 10.2. The van der Waals surface area contributed by atoms with E-state index in [9.17, 15) is 4.79 Å². The molecular weight excluding hydrogens is 407 g/mol. The van der Waals surface area contributed by atoms with Crippen LogP contribution in [0.3, 0.4) is 0 Å². The molecule has 1 heterocycles. The molecule has 1 fully saturated rings. The number of rotatable bonds is 2. The van der Waals surface area contributed by atoms with Crippen LogP contribution in [-0.4, -0.2) is 28.3 Å². The van der Waals surface area contributed by atoms with Crippen molar-refractivity contribution in [1.29, 1.82) is 0 Å². The fourth-order valence-corrected chi connectivity index (χ4v) is 3.52. The van der Waals surface area contributed by atoms with Crippen molar-refractivity contribution in [3.63, 3.8) is 0 Å². The highest BCUT2D eigenvalue weighted by atomic mass is 127. The average molecular weight is 422 g/mol. The second-order valence-corrected chi connectivity index (χ2v) is 7.20. The maximum atomic E-state index is 12.7. The number of benzene rings is 2. The molecule has 0 saturated carbocycles. The van der Waals surface area contributed by atoms with E-state index >= 15 is 0 Å². The van der Waals surface area contributed by atoms with Crippen molar-refractivity contribution in [2.45, 2.75) is 6.42 Å². The predicted molar refractivity (Wildman–Crippen MR) is 101 cm³/mol. The van der Waals surface area contributed by atoms with Gasteiger partial charge in [-0.15, -0.1) is 0 Å². The molecule has 1 aliphatic heterocycles. The lowest BCUT2D eigenvalue weighted by Gasteiger charge is -2.27. The minimum Gasteiger partial charge on any atom is -0.287 e. The summed E-state index contributed by atoms with van der Waals surface area (Å²) in [6.07, 6.45) is 0.995. The van der Waals surface area contributed by atoms with Gasteiger partial charge in [0, 0.05) is 21.4 Å². The summed E-state index contributed by atoms with van der Waals surface area (Å²) in [5.74, 6) is 1.03. The number of hydrogen-bond acceptors (Lipinski definition) is 3. The smallest absolute Gasteiger partial charge is 0.259 e. The molecule has 1 amide bonds. The molecule has 0 aliphatic carbocycles. The molecule has 1 aliphatic rings. The van der Waals surface area contributed by atoms with Crippen molar-refractivity contribution in [3.8, 4) is 0 Å². The molecule has 22 heavy (non-hydrogen) atoms. The molecule has 0 bridgehead atoms. The number of thioether (sulfide) groups is 1. The van der Waals surface area contributed by atoms with E-state index in [0.29, 0.717) is 5.56 Å². The topological polar surface area (TPSA) is 32.7 Å². The first-order valence-corrected chi connectivity index (χ1v) is 9.14. The molecular formula is C17H15IN2OS. The highest BCUT2D eigenvalue weighted by Crippen LogP contribution is 2.24. The van der Waals surface area contributed by atoms with E-state index in [2.05, 4.69) is 27.6 Å². The Balaban J connectivity index is 1.88. The van der Waals surface area contributed by atoms with Crippen molar-refractivity contribution < 1.29 is 4.79 Å². The molecule has 3 nitrogen and oxygen atoms in total. The maximum Gasteiger partial charge on any atom is 0.259 e. The van der Waals surface area contributed by atoms with Crippen LogP contribution in [0.25, 0.3) is 0 Å². The van der Waals surface area contributed by atoms with E-state index in [1.807, 2.05) is 54.6 Å². The van der Waals surface area contributed by atoms with Gasteiger partial charge in [-0.2, -0.15) is 0 Å². The standard InChI is InChI=1S/C17H15IN2OS/c18-14-9-7-13(8-10-14)16(21)20-11-4-12-22-17(20)19-15-5-2-1-3-6-15/h1-3,5-10H,4,11-12H2. The van der Waals surface area contributed by atoms with Gasteiger partial charge in [-0.25, -0.2) is 4.99 Å². The van der Waals surface area contributed by atoms with Crippen LogP contribution in [0.15, 0.2) is 59.6 Å². The van der Waals surface area contributed by atoms with Crippen molar-refractivity contribution in [2.24, 2.45) is 4.99 Å². The van der Waals surface area contributed by atoms with Gasteiger partial charge in [0.1, 0.15) is 0 Å². The van der Waals surface area contributed by atoms with Crippen LogP contribution in [0.5, 0.6) is 0 Å². The number of carbonyl (C=O) groups excluding carboxylic acids is 1. The minimum absolute atomic E-state index is 0.0262. The summed E-state index contributed by atoms with van der Waals surface area (Å²) in [6, 6.07) is 17.5. The normalized spacial score (nSPS) is 16.8. The Bertz CT molecular complexity index is 686. The molecule has 0 unspecified atom stereocenters. The maximum absolute atomic E-state index is 12.7. The fourth-order valence-electron chi connectivity index (χ4n) is 2.20. The first-order valence-electron chi connectivity index (χ1n) is 7.08. The SMILES string of the molecule is O=C(c1ccc(I)cc1)N1CCCSC1=Nc1ccccc1. The van der Waals surface area contributed by atoms with Crippen LogP contribution in [0.4, 0.5) is 5.69 Å². The lowest BCUT2D eigenvalue weighted by molar-refractivity contribution is 0.0849. The summed E-state index contributed by atoms with van der Waals surface area (Å²) in [5, 5.41) is 0.793. The second-order valence-electron chi connectivity index (χ2n) is 4.90. The number of halogens is 1. The van der Waals surface area contributed by atoms with E-state index in [0.717, 1.165) is 33.1 Å². The summed E-state index contributed by atoms with van der Waals surface area (Å²) >= 11 is 3.89. The molecule has 1 saturated heterocycles. The van der Waals surface area contributed by atoms with Crippen molar-refractivity contribution in [2.75, 3.05) is 12.3 Å². The summed E-state index contributed by atoms with van der Waals surface area (Å²) < 4.78 is 1.13. The second kappa shape index (κ2) is 7.28. The van der Waals surface area contributed by atoms with Crippen molar-refractivity contribution >= 4 is 51.1 Å². The van der Waals surface area contributed by atoms with Crippen LogP contribution in [0.1, 0.15) is 16.8 Å². The monoisotopic (exact) mass is 422 g/mol. The zero-order chi connectivity index (χ0) is 15.4. The van der Waals surface area contributed by atoms with Gasteiger partial charge in [0.25, 0.3) is 5.91 Å². The predicted octanol–water partition coefficient (Wildman–Crippen LogP) is 4.56. The van der Waals surface area contributed by atoms with Crippen molar-refractivity contribution in [1.82, 2.24) is 4.90 Å². The van der Waals surface area contributed by atoms with E-state index in [-0.39, 0.29) is 5.91 Å². The Labute approximate surface area is 148 Å². The van der Waals surface area contributed by atoms with Crippen LogP contribution in [0, 0.1) is 3.57 Å². The van der Waals surface area contributed by atoms with Gasteiger partial charge in [0.05, 0.1) is 5.69 Å². The van der Waals surface area contributed by atoms with Gasteiger partial charge in [-0.3, -0.25) is 9.69 Å². The molecule has 112 valence electrons. The van der Waals surface area contributed by atoms with E-state index < -0.39 is 0 Å². The summed E-state index contributed by atoms with van der Waals surface area (Å²) in [5.41, 5.74) is 1.59. The van der Waals surface area contributed by atoms with Gasteiger partial charge in [-0.1, -0.05) is 30.0 Å². The summed E-state index contributed by atoms with van der Waals surface area (Å²) in [4.78, 5) is 19.2. The van der Waals surface area contributed by atoms with Gasteiger partial charge >= 0.3 is 0 Å². The van der Waals surface area contributed by atoms with E-state index in [1.54, 1.807) is 16.7 Å². The fraction of sp³-hybridized carbons (Fsp3) is 0.176. The molecule has 0 N–H and O–H groups in total. The third kappa shape index (κ3) is 3.70. The molecule has 5 heteroatoms. The number of amidine groups is 1. The zero-order valence-corrected chi connectivity index (χ0v) is 14.9. The number of aliphatic imine (C=N–C) groups is 1. The number of amides is 1. The van der Waals surface area contributed by atoms with E-state index in [1.165, 1.54) is 0 Å². The van der Waals surface area contributed by atoms with Crippen molar-refractivity contribution in [3.05, 3.63) is 63.7 Å². The Hall–Kier alpha value is -1.34. The third-order valence-corrected chi connectivity index (χ3v) is 5.09. The number of carbonyl (C=O) groups is 1. The Morgan fingerprint density at radius 1 is 1.09 bits per heavy atom. The zero-order valence-electron chi connectivity index (χ0n) is 11.9. The largest absolute Gasteiger partial charge is 0.287 e. The van der Waals surface area contributed by atoms with Gasteiger partial charge in [-0.05, 0) is 65.4 Å². The number of nitrogens with zero attached hydrogens (tertiary/aromatic N) is 2. The summed E-state index contributed by atoms with van der Waals surface area (Å²) in [7, 11) is 0. The molecule has 0 atom stereocenters. The molecule has 2 aromatic rings. The summed E-state index contributed by atoms with van der Waals surface area (Å²) in [6.45, 7) is 0.726. The molecule has 0 aromatic heterocycles. The Morgan fingerprint density at radius 2 is 1.82 bits per heavy atom. The molecule has 0 radical (unpaired) electrons. The number of para-hydroxylation sites is 1. The lowest BCUT2D eigenvalue weighted by Crippen LogP contribution is -2.39. The van der Waals surface area contributed by atoms with E-state index in [4.69, 9.17) is 0 Å². The average Bonchev–Trinajstić information content (AvgIpc) is 2.56. The highest BCUT2D eigenvalue weighted by Gasteiger charge is 2.24. The first-order chi connectivity index (χ1) is 10.7. The molecule has 3 rings (SSSR count). The third-order valence-electron chi connectivity index (χ3n) is 3.31. The minimum atomic E-state index is 0.0262. The van der Waals surface area contributed by atoms with Gasteiger partial charge in [0.15, 0.2) is 5.17 Å². The van der Waals surface area contributed by atoms with Crippen LogP contribution in [-0.2, 0) is 0 Å². The highest BCUT2D eigenvalue weighted by molar-refractivity contribution is 14.1. The quantitative estimate of drug-likeness (QED) is 0.665. The Morgan fingerprint density at radius 3 is 2.55 bits per heavy atom. The van der Waals surface area contributed by atoms with Crippen LogP contribution >= 0.6 is 34.4 Å². The first kappa shape index (κ1) is 15.6. The molecule has 2 aromatic carbocycles. The number of hydrogen-bond donors (Lipinski definition) is 0. The van der Waals surface area contributed by atoms with Gasteiger partial charge in [0.2, 0.25) is 0 Å². The van der Waals surface area contributed by atoms with Crippen LogP contribution in [0.2, 0.25) is 0 Å². The van der Waals surface area contributed by atoms with Crippen LogP contribution < -0.4 is 0 Å². The molecule has 0 spiro atoms. The Kier molecular flexibility index (Phi) is 5.15. The van der Waals surface area contributed by atoms with Gasteiger partial charge < -0.3 is 0 Å².